The highest BCUT2D eigenvalue weighted by atomic mass is 32.2. The van der Waals surface area contributed by atoms with E-state index in [4.69, 9.17) is 0 Å². The molecule has 0 saturated carbocycles. The first-order valence-corrected chi connectivity index (χ1v) is 4.33. The first-order chi connectivity index (χ1) is 3.84. The molecule has 0 spiro atoms. The van der Waals surface area contributed by atoms with E-state index >= 15 is 0 Å². The van der Waals surface area contributed by atoms with Crippen molar-refractivity contribution in [1.82, 2.24) is 0 Å². The van der Waals surface area contributed by atoms with Crippen LogP contribution in [0.5, 0.6) is 0 Å². The van der Waals surface area contributed by atoms with Crippen LogP contribution in [-0.4, -0.2) is 11.5 Å². The van der Waals surface area contributed by atoms with Gasteiger partial charge in [0.2, 0.25) is 0 Å². The third-order valence-electron chi connectivity index (χ3n) is 1.70. The smallest absolute Gasteiger partial charge is 0.0139 e. The lowest BCUT2D eigenvalue weighted by Crippen LogP contribution is -2.04. The van der Waals surface area contributed by atoms with Gasteiger partial charge in [-0.1, -0.05) is 19.1 Å². The molecule has 46 valence electrons. The Kier molecular flexibility index (Phi) is 2.01. The Morgan fingerprint density at radius 3 is 2.62 bits per heavy atom. The zero-order chi connectivity index (χ0) is 5.98. The normalized spacial score (nSPS) is 36.2. The van der Waals surface area contributed by atoms with E-state index in [9.17, 15) is 0 Å². The molecule has 8 heavy (non-hydrogen) atoms. The summed E-state index contributed by atoms with van der Waals surface area (Å²) in [6.45, 7) is 2.28. The van der Waals surface area contributed by atoms with E-state index < -0.39 is 0 Å². The molecule has 0 nitrogen and oxygen atoms in total. The second-order valence-corrected chi connectivity index (χ2v) is 3.37. The maximum absolute atomic E-state index is 2.31. The van der Waals surface area contributed by atoms with Gasteiger partial charge in [0.1, 0.15) is 0 Å². The molecule has 1 unspecified atom stereocenters. The van der Waals surface area contributed by atoms with Crippen LogP contribution >= 0.6 is 11.8 Å². The molecule has 0 heterocycles. The number of thioether (sulfide) groups is 1. The molecule has 0 fully saturated rings. The first-order valence-electron chi connectivity index (χ1n) is 3.04. The van der Waals surface area contributed by atoms with Crippen LogP contribution in [-0.2, 0) is 0 Å². The minimum atomic E-state index is 0.810. The van der Waals surface area contributed by atoms with Gasteiger partial charge in [-0.3, -0.25) is 0 Å². The Balaban J connectivity index is 2.38. The lowest BCUT2D eigenvalue weighted by atomic mass is 10.2. The van der Waals surface area contributed by atoms with Gasteiger partial charge >= 0.3 is 0 Å². The van der Waals surface area contributed by atoms with Gasteiger partial charge in [0.05, 0.1) is 0 Å². The quantitative estimate of drug-likeness (QED) is 0.488. The van der Waals surface area contributed by atoms with Crippen LogP contribution in [0.15, 0.2) is 12.2 Å². The Hall–Kier alpha value is 0.0900. The fraction of sp³-hybridized carbons (Fsp3) is 0.714. The molecule has 0 bridgehead atoms. The van der Waals surface area contributed by atoms with Gasteiger partial charge in [-0.25, -0.2) is 0 Å². The third kappa shape index (κ3) is 1.08. The van der Waals surface area contributed by atoms with Crippen molar-refractivity contribution in [1.29, 1.82) is 0 Å². The van der Waals surface area contributed by atoms with Crippen LogP contribution in [0.1, 0.15) is 13.3 Å². The highest BCUT2D eigenvalue weighted by Crippen LogP contribution is 2.27. The molecule has 1 rings (SSSR count). The van der Waals surface area contributed by atoms with E-state index in [2.05, 4.69) is 25.3 Å². The molecule has 2 atom stereocenters. The number of hydrogen-bond acceptors (Lipinski definition) is 1. The van der Waals surface area contributed by atoms with Crippen molar-refractivity contribution < 1.29 is 0 Å². The second-order valence-electron chi connectivity index (χ2n) is 2.30. The van der Waals surface area contributed by atoms with Gasteiger partial charge in [-0.2, -0.15) is 11.8 Å². The summed E-state index contributed by atoms with van der Waals surface area (Å²) in [5.74, 6) is 0.810. The van der Waals surface area contributed by atoms with Crippen molar-refractivity contribution >= 4 is 11.8 Å². The largest absolute Gasteiger partial charge is 0.161 e. The van der Waals surface area contributed by atoms with Gasteiger partial charge in [0.15, 0.2) is 0 Å². The monoisotopic (exact) mass is 128 g/mol. The van der Waals surface area contributed by atoms with E-state index in [1.807, 2.05) is 11.8 Å². The summed E-state index contributed by atoms with van der Waals surface area (Å²) in [5.41, 5.74) is 0. The average Bonchev–Trinajstić information content (AvgIpc) is 2.14. The van der Waals surface area contributed by atoms with Crippen molar-refractivity contribution in [2.75, 3.05) is 6.26 Å². The standard InChI is InChI=1S/C7H12S/c1-6-4-3-5-7(6)8-2/h3-4,6-7H,5H2,1-2H3/t6-,7?/m0/s1. The Bertz CT molecular complexity index is 96.6. The topological polar surface area (TPSA) is 0 Å². The molecule has 0 aromatic rings. The van der Waals surface area contributed by atoms with E-state index in [0.29, 0.717) is 0 Å². The summed E-state index contributed by atoms with van der Waals surface area (Å²) in [6, 6.07) is 0. The van der Waals surface area contributed by atoms with E-state index in [1.165, 1.54) is 6.42 Å². The summed E-state index contributed by atoms with van der Waals surface area (Å²) in [7, 11) is 0. The highest BCUT2D eigenvalue weighted by Gasteiger charge is 2.15. The van der Waals surface area contributed by atoms with Gasteiger partial charge in [-0.15, -0.1) is 0 Å². The molecular weight excluding hydrogens is 116 g/mol. The van der Waals surface area contributed by atoms with Crippen LogP contribution in [0.2, 0.25) is 0 Å². The number of allylic oxidation sites excluding steroid dienone is 2. The maximum atomic E-state index is 2.31. The van der Waals surface area contributed by atoms with Crippen molar-refractivity contribution in [3.8, 4) is 0 Å². The third-order valence-corrected chi connectivity index (χ3v) is 2.92. The molecule has 0 aliphatic heterocycles. The molecule has 1 aliphatic carbocycles. The summed E-state index contributed by atoms with van der Waals surface area (Å²) >= 11 is 1.98. The van der Waals surface area contributed by atoms with Crippen molar-refractivity contribution in [3.05, 3.63) is 12.2 Å². The zero-order valence-corrected chi connectivity index (χ0v) is 6.24. The van der Waals surface area contributed by atoms with E-state index in [0.717, 1.165) is 11.2 Å². The maximum Gasteiger partial charge on any atom is 0.0139 e. The lowest BCUT2D eigenvalue weighted by molar-refractivity contribution is 0.722. The van der Waals surface area contributed by atoms with Crippen molar-refractivity contribution in [2.24, 2.45) is 5.92 Å². The van der Waals surface area contributed by atoms with Crippen molar-refractivity contribution in [3.63, 3.8) is 0 Å². The zero-order valence-electron chi connectivity index (χ0n) is 5.42. The van der Waals surface area contributed by atoms with Crippen LogP contribution in [0.25, 0.3) is 0 Å². The highest BCUT2D eigenvalue weighted by molar-refractivity contribution is 7.99. The molecular formula is C7H12S. The average molecular weight is 128 g/mol. The van der Waals surface area contributed by atoms with E-state index in [1.54, 1.807) is 0 Å². The predicted octanol–water partition coefficient (Wildman–Crippen LogP) is 2.31. The summed E-state index contributed by atoms with van der Waals surface area (Å²) in [6.07, 6.45) is 8.06. The van der Waals surface area contributed by atoms with Crippen LogP contribution in [0, 0.1) is 5.92 Å². The first kappa shape index (κ1) is 6.21. The molecule has 0 N–H and O–H groups in total. The predicted molar refractivity (Wildman–Crippen MR) is 40.2 cm³/mol. The lowest BCUT2D eigenvalue weighted by Gasteiger charge is -2.09. The number of rotatable bonds is 1. The SMILES string of the molecule is CSC1CC=C[C@@H]1C. The Morgan fingerprint density at radius 1 is 1.62 bits per heavy atom. The minimum Gasteiger partial charge on any atom is -0.161 e. The molecule has 0 amide bonds. The van der Waals surface area contributed by atoms with Crippen LogP contribution in [0.4, 0.5) is 0 Å². The Labute approximate surface area is 55.4 Å². The van der Waals surface area contributed by atoms with E-state index in [-0.39, 0.29) is 0 Å². The van der Waals surface area contributed by atoms with Crippen molar-refractivity contribution in [2.45, 2.75) is 18.6 Å². The van der Waals surface area contributed by atoms with Gasteiger partial charge in [0.25, 0.3) is 0 Å². The summed E-state index contributed by atoms with van der Waals surface area (Å²) < 4.78 is 0. The fourth-order valence-electron chi connectivity index (χ4n) is 1.08. The second kappa shape index (κ2) is 2.58. The summed E-state index contributed by atoms with van der Waals surface area (Å²) in [5, 5.41) is 0.870. The molecule has 1 heteroatoms. The Morgan fingerprint density at radius 2 is 2.38 bits per heavy atom. The number of hydrogen-bond donors (Lipinski definition) is 0. The molecule has 0 aromatic heterocycles. The summed E-state index contributed by atoms with van der Waals surface area (Å²) in [4.78, 5) is 0. The van der Waals surface area contributed by atoms with Crippen LogP contribution < -0.4 is 0 Å². The van der Waals surface area contributed by atoms with Gasteiger partial charge < -0.3 is 0 Å². The molecule has 0 radical (unpaired) electrons. The molecule has 0 saturated heterocycles. The fourth-order valence-corrected chi connectivity index (χ4v) is 1.90. The molecule has 0 aromatic carbocycles. The van der Waals surface area contributed by atoms with Gasteiger partial charge in [0, 0.05) is 5.25 Å². The van der Waals surface area contributed by atoms with Gasteiger partial charge in [-0.05, 0) is 18.6 Å². The molecule has 1 aliphatic rings. The van der Waals surface area contributed by atoms with Crippen LogP contribution in [0.3, 0.4) is 0 Å². The minimum absolute atomic E-state index is 0.810.